The van der Waals surface area contributed by atoms with Crippen LogP contribution in [0, 0.1) is 5.82 Å². The average Bonchev–Trinajstić information content (AvgIpc) is 2.40. The number of hydrogen-bond acceptors (Lipinski definition) is 4. The van der Waals surface area contributed by atoms with E-state index in [1.807, 2.05) is 0 Å². The van der Waals surface area contributed by atoms with Crippen molar-refractivity contribution < 1.29 is 14.3 Å². The quantitative estimate of drug-likeness (QED) is 0.727. The van der Waals surface area contributed by atoms with Crippen LogP contribution in [0.1, 0.15) is 10.4 Å². The number of aromatic hydroxyl groups is 1. The number of piperazine rings is 1. The van der Waals surface area contributed by atoms with Gasteiger partial charge in [-0.25, -0.2) is 4.39 Å². The first kappa shape index (κ1) is 13.8. The van der Waals surface area contributed by atoms with Gasteiger partial charge in [0.05, 0.1) is 0 Å². The van der Waals surface area contributed by atoms with E-state index in [1.165, 1.54) is 12.1 Å². The zero-order valence-electron chi connectivity index (χ0n) is 10.7. The van der Waals surface area contributed by atoms with Crippen molar-refractivity contribution in [2.24, 2.45) is 0 Å². The van der Waals surface area contributed by atoms with Gasteiger partial charge in [-0.3, -0.25) is 9.69 Å². The van der Waals surface area contributed by atoms with E-state index in [-0.39, 0.29) is 11.3 Å². The lowest BCUT2D eigenvalue weighted by Crippen LogP contribution is -2.46. The molecule has 0 bridgehead atoms. The minimum Gasteiger partial charge on any atom is -0.507 e. The van der Waals surface area contributed by atoms with Crippen molar-refractivity contribution in [1.29, 1.82) is 0 Å². The maximum Gasteiger partial charge on any atom is 0.258 e. The Morgan fingerprint density at radius 3 is 2.84 bits per heavy atom. The standard InChI is InChI=1S/C13H18FN3O2/c14-10-2-1-3-11(18)12(10)13(19)16-6-9-17-7-4-15-5-8-17/h1-3,15,18H,4-9H2,(H,16,19). The molecule has 0 atom stereocenters. The number of halogens is 1. The molecule has 1 fully saturated rings. The predicted molar refractivity (Wildman–Crippen MR) is 69.7 cm³/mol. The van der Waals surface area contributed by atoms with E-state index >= 15 is 0 Å². The van der Waals surface area contributed by atoms with Crippen molar-refractivity contribution in [3.05, 3.63) is 29.6 Å². The third kappa shape index (κ3) is 3.65. The largest absolute Gasteiger partial charge is 0.507 e. The summed E-state index contributed by atoms with van der Waals surface area (Å²) in [6.45, 7) is 4.95. The van der Waals surface area contributed by atoms with Crippen molar-refractivity contribution in [2.45, 2.75) is 0 Å². The van der Waals surface area contributed by atoms with E-state index in [2.05, 4.69) is 15.5 Å². The van der Waals surface area contributed by atoms with Crippen LogP contribution in [0.4, 0.5) is 4.39 Å². The molecule has 0 spiro atoms. The number of amides is 1. The molecule has 104 valence electrons. The van der Waals surface area contributed by atoms with E-state index in [9.17, 15) is 14.3 Å². The Morgan fingerprint density at radius 1 is 1.42 bits per heavy atom. The van der Waals surface area contributed by atoms with Crippen molar-refractivity contribution in [3.8, 4) is 5.75 Å². The molecule has 1 amide bonds. The molecule has 5 nitrogen and oxygen atoms in total. The maximum absolute atomic E-state index is 13.4. The lowest BCUT2D eigenvalue weighted by molar-refractivity contribution is 0.0940. The van der Waals surface area contributed by atoms with Gasteiger partial charge in [0, 0.05) is 39.3 Å². The average molecular weight is 267 g/mol. The maximum atomic E-state index is 13.4. The van der Waals surface area contributed by atoms with Crippen LogP contribution in [-0.4, -0.2) is 55.2 Å². The highest BCUT2D eigenvalue weighted by atomic mass is 19.1. The summed E-state index contributed by atoms with van der Waals surface area (Å²) in [5.41, 5.74) is -0.289. The Bertz CT molecular complexity index is 427. The number of carbonyl (C=O) groups is 1. The second-order valence-corrected chi connectivity index (χ2v) is 4.48. The van der Waals surface area contributed by atoms with Gasteiger partial charge in [-0.05, 0) is 12.1 Å². The predicted octanol–water partition coefficient (Wildman–Crippen LogP) is 0.166. The van der Waals surface area contributed by atoms with Gasteiger partial charge in [0.1, 0.15) is 17.1 Å². The molecule has 2 rings (SSSR count). The monoisotopic (exact) mass is 267 g/mol. The normalized spacial score (nSPS) is 16.3. The number of nitrogens with one attached hydrogen (secondary N) is 2. The third-order valence-electron chi connectivity index (χ3n) is 3.14. The summed E-state index contributed by atoms with van der Waals surface area (Å²) >= 11 is 0. The second kappa shape index (κ2) is 6.49. The molecule has 3 N–H and O–H groups in total. The second-order valence-electron chi connectivity index (χ2n) is 4.48. The molecule has 1 aliphatic rings. The van der Waals surface area contributed by atoms with E-state index < -0.39 is 11.7 Å². The topological polar surface area (TPSA) is 64.6 Å². The van der Waals surface area contributed by atoms with Gasteiger partial charge in [-0.2, -0.15) is 0 Å². The minimum absolute atomic E-state index is 0.289. The van der Waals surface area contributed by atoms with E-state index in [4.69, 9.17) is 0 Å². The van der Waals surface area contributed by atoms with E-state index in [1.54, 1.807) is 0 Å². The van der Waals surface area contributed by atoms with Gasteiger partial charge in [0.15, 0.2) is 0 Å². The summed E-state index contributed by atoms with van der Waals surface area (Å²) in [4.78, 5) is 14.0. The molecule has 1 heterocycles. The molecule has 1 saturated heterocycles. The summed E-state index contributed by atoms with van der Waals surface area (Å²) < 4.78 is 13.4. The molecule has 0 aliphatic carbocycles. The van der Waals surface area contributed by atoms with Crippen LogP contribution in [0.2, 0.25) is 0 Å². The molecule has 1 aromatic carbocycles. The minimum atomic E-state index is -0.709. The molecule has 19 heavy (non-hydrogen) atoms. The molecular formula is C13H18FN3O2. The molecule has 1 aromatic rings. The first-order valence-corrected chi connectivity index (χ1v) is 6.37. The van der Waals surface area contributed by atoms with Crippen LogP contribution in [0.25, 0.3) is 0 Å². The number of hydrogen-bond donors (Lipinski definition) is 3. The van der Waals surface area contributed by atoms with Crippen LogP contribution in [-0.2, 0) is 0 Å². The van der Waals surface area contributed by atoms with Gasteiger partial charge in [0.25, 0.3) is 5.91 Å². The number of rotatable bonds is 4. The van der Waals surface area contributed by atoms with Crippen LogP contribution < -0.4 is 10.6 Å². The zero-order chi connectivity index (χ0) is 13.7. The van der Waals surface area contributed by atoms with E-state index in [0.717, 1.165) is 38.8 Å². The number of carbonyl (C=O) groups excluding carboxylic acids is 1. The highest BCUT2D eigenvalue weighted by molar-refractivity contribution is 5.97. The van der Waals surface area contributed by atoms with Crippen LogP contribution >= 0.6 is 0 Å². The van der Waals surface area contributed by atoms with Crippen LogP contribution in [0.5, 0.6) is 5.75 Å². The lowest BCUT2D eigenvalue weighted by atomic mass is 10.1. The molecule has 0 saturated carbocycles. The lowest BCUT2D eigenvalue weighted by Gasteiger charge is -2.27. The van der Waals surface area contributed by atoms with Gasteiger partial charge < -0.3 is 15.7 Å². The Labute approximate surface area is 111 Å². The smallest absolute Gasteiger partial charge is 0.258 e. The molecular weight excluding hydrogens is 249 g/mol. The fraction of sp³-hybridized carbons (Fsp3) is 0.462. The fourth-order valence-electron chi connectivity index (χ4n) is 2.09. The Balaban J connectivity index is 1.84. The van der Waals surface area contributed by atoms with Gasteiger partial charge in [-0.1, -0.05) is 6.07 Å². The highest BCUT2D eigenvalue weighted by Crippen LogP contribution is 2.19. The Kier molecular flexibility index (Phi) is 4.70. The van der Waals surface area contributed by atoms with Gasteiger partial charge >= 0.3 is 0 Å². The molecule has 0 radical (unpaired) electrons. The van der Waals surface area contributed by atoms with E-state index in [0.29, 0.717) is 6.54 Å². The van der Waals surface area contributed by atoms with Gasteiger partial charge in [-0.15, -0.1) is 0 Å². The zero-order valence-corrected chi connectivity index (χ0v) is 10.7. The third-order valence-corrected chi connectivity index (χ3v) is 3.14. The molecule has 0 unspecified atom stereocenters. The van der Waals surface area contributed by atoms with Crippen molar-refractivity contribution in [1.82, 2.24) is 15.5 Å². The van der Waals surface area contributed by atoms with Crippen LogP contribution in [0.15, 0.2) is 18.2 Å². The molecule has 0 aromatic heterocycles. The Morgan fingerprint density at radius 2 is 2.16 bits per heavy atom. The summed E-state index contributed by atoms with van der Waals surface area (Å²) in [7, 11) is 0. The molecule has 6 heteroatoms. The molecule has 1 aliphatic heterocycles. The number of phenols is 1. The number of nitrogens with zero attached hydrogens (tertiary/aromatic N) is 1. The van der Waals surface area contributed by atoms with Gasteiger partial charge in [0.2, 0.25) is 0 Å². The number of phenolic OH excluding ortho intramolecular Hbond substituents is 1. The number of benzene rings is 1. The first-order valence-electron chi connectivity index (χ1n) is 6.37. The summed E-state index contributed by atoms with van der Waals surface area (Å²) in [6, 6.07) is 3.82. The summed E-state index contributed by atoms with van der Waals surface area (Å²) in [6.07, 6.45) is 0. The van der Waals surface area contributed by atoms with Crippen LogP contribution in [0.3, 0.4) is 0 Å². The summed E-state index contributed by atoms with van der Waals surface area (Å²) in [5.74, 6) is -1.62. The van der Waals surface area contributed by atoms with Crippen molar-refractivity contribution in [3.63, 3.8) is 0 Å². The van der Waals surface area contributed by atoms with Crippen molar-refractivity contribution in [2.75, 3.05) is 39.3 Å². The van der Waals surface area contributed by atoms with Crippen molar-refractivity contribution >= 4 is 5.91 Å². The first-order chi connectivity index (χ1) is 9.18. The highest BCUT2D eigenvalue weighted by Gasteiger charge is 2.16. The fourth-order valence-corrected chi connectivity index (χ4v) is 2.09. The Hall–Kier alpha value is -1.66. The summed E-state index contributed by atoms with van der Waals surface area (Å²) in [5, 5.41) is 15.4. The SMILES string of the molecule is O=C(NCCN1CCNCC1)c1c(O)cccc1F.